The summed E-state index contributed by atoms with van der Waals surface area (Å²) in [6.07, 6.45) is 3.85. The van der Waals surface area contributed by atoms with Crippen molar-refractivity contribution in [2.45, 2.75) is 26.2 Å². The third kappa shape index (κ3) is 1.60. The third-order valence-electron chi connectivity index (χ3n) is 2.50. The summed E-state index contributed by atoms with van der Waals surface area (Å²) in [6, 6.07) is 0. The van der Waals surface area contributed by atoms with E-state index < -0.39 is 0 Å². The van der Waals surface area contributed by atoms with Crippen LogP contribution in [0.3, 0.4) is 0 Å². The Bertz CT molecular complexity index is 129. The second-order valence-electron chi connectivity index (χ2n) is 3.08. The molecule has 0 radical (unpaired) electrons. The Labute approximate surface area is 70.3 Å². The Kier molecular flexibility index (Phi) is 2.90. The molecular formula is C8H13BrO. The molecule has 0 spiro atoms. The highest BCUT2D eigenvalue weighted by Gasteiger charge is 2.27. The first-order valence-corrected chi connectivity index (χ1v) is 4.96. The van der Waals surface area contributed by atoms with Crippen LogP contribution in [0.25, 0.3) is 0 Å². The van der Waals surface area contributed by atoms with Crippen molar-refractivity contribution >= 4 is 21.7 Å². The maximum atomic E-state index is 11.1. The van der Waals surface area contributed by atoms with Crippen molar-refractivity contribution in [2.75, 3.05) is 5.33 Å². The van der Waals surface area contributed by atoms with Gasteiger partial charge in [0.15, 0.2) is 0 Å². The average Bonchev–Trinajstić information content (AvgIpc) is 1.82. The molecular weight excluding hydrogens is 192 g/mol. The molecule has 1 aliphatic carbocycles. The molecule has 2 heteroatoms. The number of carbonyl (C=O) groups is 1. The van der Waals surface area contributed by atoms with E-state index in [1.807, 2.05) is 6.92 Å². The standard InChI is InChI=1S/C8H13BrO/c1-6(8(10)5-9)7-3-2-4-7/h6-7H,2-5H2,1H3. The van der Waals surface area contributed by atoms with Crippen molar-refractivity contribution in [2.24, 2.45) is 11.8 Å². The molecule has 0 heterocycles. The Morgan fingerprint density at radius 3 is 2.60 bits per heavy atom. The van der Waals surface area contributed by atoms with Crippen LogP contribution in [0.15, 0.2) is 0 Å². The van der Waals surface area contributed by atoms with E-state index in [0.717, 1.165) is 0 Å². The molecule has 1 rings (SSSR count). The molecule has 1 nitrogen and oxygen atoms in total. The second kappa shape index (κ2) is 3.51. The average molecular weight is 205 g/mol. The first-order chi connectivity index (χ1) is 4.75. The van der Waals surface area contributed by atoms with Crippen LogP contribution in [-0.2, 0) is 4.79 Å². The van der Waals surface area contributed by atoms with Crippen molar-refractivity contribution in [3.05, 3.63) is 0 Å². The molecule has 10 heavy (non-hydrogen) atoms. The largest absolute Gasteiger partial charge is 0.298 e. The highest BCUT2D eigenvalue weighted by molar-refractivity contribution is 9.09. The Morgan fingerprint density at radius 1 is 1.70 bits per heavy atom. The maximum absolute atomic E-state index is 11.1. The molecule has 1 saturated carbocycles. The van der Waals surface area contributed by atoms with Gasteiger partial charge in [0.25, 0.3) is 0 Å². The summed E-state index contributed by atoms with van der Waals surface area (Å²) in [5.74, 6) is 1.36. The maximum Gasteiger partial charge on any atom is 0.146 e. The molecule has 0 N–H and O–H groups in total. The minimum atomic E-state index is 0.299. The summed E-state index contributed by atoms with van der Waals surface area (Å²) in [6.45, 7) is 2.05. The molecule has 0 amide bonds. The van der Waals surface area contributed by atoms with Crippen molar-refractivity contribution in [3.63, 3.8) is 0 Å². The molecule has 1 aliphatic rings. The van der Waals surface area contributed by atoms with Crippen molar-refractivity contribution in [1.82, 2.24) is 0 Å². The van der Waals surface area contributed by atoms with Crippen LogP contribution in [0.5, 0.6) is 0 Å². The van der Waals surface area contributed by atoms with Crippen LogP contribution in [0.4, 0.5) is 0 Å². The van der Waals surface area contributed by atoms with Gasteiger partial charge < -0.3 is 0 Å². The predicted molar refractivity (Wildman–Crippen MR) is 45.3 cm³/mol. The number of hydrogen-bond acceptors (Lipinski definition) is 1. The van der Waals surface area contributed by atoms with Gasteiger partial charge in [0.1, 0.15) is 5.78 Å². The molecule has 1 atom stereocenters. The highest BCUT2D eigenvalue weighted by Crippen LogP contribution is 2.33. The van der Waals surface area contributed by atoms with Gasteiger partial charge in [-0.05, 0) is 18.8 Å². The van der Waals surface area contributed by atoms with Crippen molar-refractivity contribution in [3.8, 4) is 0 Å². The van der Waals surface area contributed by atoms with Gasteiger partial charge in [-0.2, -0.15) is 0 Å². The summed E-state index contributed by atoms with van der Waals surface area (Å²) in [4.78, 5) is 11.1. The first-order valence-electron chi connectivity index (χ1n) is 3.84. The zero-order valence-corrected chi connectivity index (χ0v) is 7.86. The normalized spacial score (nSPS) is 21.8. The van der Waals surface area contributed by atoms with Gasteiger partial charge in [0.2, 0.25) is 0 Å². The van der Waals surface area contributed by atoms with E-state index in [2.05, 4.69) is 15.9 Å². The number of halogens is 1. The topological polar surface area (TPSA) is 17.1 Å². The number of alkyl halides is 1. The van der Waals surface area contributed by atoms with Gasteiger partial charge in [-0.1, -0.05) is 29.3 Å². The highest BCUT2D eigenvalue weighted by atomic mass is 79.9. The van der Waals surface area contributed by atoms with Crippen LogP contribution in [0.1, 0.15) is 26.2 Å². The van der Waals surface area contributed by atoms with E-state index in [4.69, 9.17) is 0 Å². The zero-order valence-electron chi connectivity index (χ0n) is 6.27. The first kappa shape index (κ1) is 8.25. The lowest BCUT2D eigenvalue weighted by Gasteiger charge is -2.29. The van der Waals surface area contributed by atoms with E-state index in [-0.39, 0.29) is 0 Å². The molecule has 0 aromatic carbocycles. The number of ketones is 1. The summed E-state index contributed by atoms with van der Waals surface area (Å²) >= 11 is 3.19. The molecule has 0 aromatic rings. The quantitative estimate of drug-likeness (QED) is 0.646. The second-order valence-corrected chi connectivity index (χ2v) is 3.64. The summed E-state index contributed by atoms with van der Waals surface area (Å²) in [5.41, 5.74) is 0. The summed E-state index contributed by atoms with van der Waals surface area (Å²) in [7, 11) is 0. The van der Waals surface area contributed by atoms with Gasteiger partial charge in [-0.15, -0.1) is 0 Å². The lowest BCUT2D eigenvalue weighted by atomic mass is 9.75. The summed E-state index contributed by atoms with van der Waals surface area (Å²) < 4.78 is 0. The Morgan fingerprint density at radius 2 is 2.30 bits per heavy atom. The third-order valence-corrected chi connectivity index (χ3v) is 3.05. The van der Waals surface area contributed by atoms with E-state index in [1.54, 1.807) is 0 Å². The molecule has 0 saturated heterocycles. The van der Waals surface area contributed by atoms with Crippen LogP contribution >= 0.6 is 15.9 Å². The molecule has 0 bridgehead atoms. The molecule has 0 aromatic heterocycles. The fraction of sp³-hybridized carbons (Fsp3) is 0.875. The molecule has 1 fully saturated rings. The Hall–Kier alpha value is 0.150. The fourth-order valence-electron chi connectivity index (χ4n) is 1.32. The van der Waals surface area contributed by atoms with Gasteiger partial charge in [-0.25, -0.2) is 0 Å². The van der Waals surface area contributed by atoms with E-state index in [0.29, 0.717) is 22.9 Å². The van der Waals surface area contributed by atoms with E-state index in [1.165, 1.54) is 19.3 Å². The fourth-order valence-corrected chi connectivity index (χ4v) is 1.84. The minimum Gasteiger partial charge on any atom is -0.298 e. The van der Waals surface area contributed by atoms with E-state index in [9.17, 15) is 4.79 Å². The van der Waals surface area contributed by atoms with Crippen LogP contribution in [-0.4, -0.2) is 11.1 Å². The van der Waals surface area contributed by atoms with Crippen LogP contribution in [0, 0.1) is 11.8 Å². The SMILES string of the molecule is CC(C(=O)CBr)C1CCC1. The Balaban J connectivity index is 2.31. The zero-order chi connectivity index (χ0) is 7.56. The number of rotatable bonds is 3. The predicted octanol–water partition coefficient (Wildman–Crippen LogP) is 2.39. The number of hydrogen-bond donors (Lipinski definition) is 0. The molecule has 58 valence electrons. The lowest BCUT2D eigenvalue weighted by Crippen LogP contribution is -2.26. The van der Waals surface area contributed by atoms with Gasteiger partial charge in [0.05, 0.1) is 5.33 Å². The minimum absolute atomic E-state index is 0.299. The van der Waals surface area contributed by atoms with Gasteiger partial charge >= 0.3 is 0 Å². The number of carbonyl (C=O) groups excluding carboxylic acids is 1. The molecule has 1 unspecified atom stereocenters. The van der Waals surface area contributed by atoms with Crippen LogP contribution in [0.2, 0.25) is 0 Å². The van der Waals surface area contributed by atoms with E-state index >= 15 is 0 Å². The number of Topliss-reactive ketones (excluding diaryl/α,β-unsaturated/α-hetero) is 1. The van der Waals surface area contributed by atoms with Crippen LogP contribution < -0.4 is 0 Å². The van der Waals surface area contributed by atoms with Crippen molar-refractivity contribution in [1.29, 1.82) is 0 Å². The lowest BCUT2D eigenvalue weighted by molar-refractivity contribution is -0.122. The molecule has 0 aliphatic heterocycles. The van der Waals surface area contributed by atoms with Gasteiger partial charge in [-0.3, -0.25) is 4.79 Å². The monoisotopic (exact) mass is 204 g/mol. The summed E-state index contributed by atoms with van der Waals surface area (Å²) in [5, 5.41) is 0.532. The van der Waals surface area contributed by atoms with Gasteiger partial charge in [0, 0.05) is 5.92 Å². The van der Waals surface area contributed by atoms with Crippen molar-refractivity contribution < 1.29 is 4.79 Å². The smallest absolute Gasteiger partial charge is 0.146 e.